The molecule has 0 aliphatic rings. The lowest BCUT2D eigenvalue weighted by atomic mass is 10.3. The number of aromatic nitrogens is 1. The third kappa shape index (κ3) is 2.57. The fourth-order valence-corrected chi connectivity index (χ4v) is 2.38. The largest absolute Gasteiger partial charge is 0.365 e. The lowest BCUT2D eigenvalue weighted by Gasteiger charge is -2.02. The van der Waals surface area contributed by atoms with Gasteiger partial charge in [0.1, 0.15) is 5.82 Å². The SMILES string of the molecule is Cc1cc(CNc2ccccn2)sc1C. The van der Waals surface area contributed by atoms with Crippen LogP contribution in [0.2, 0.25) is 0 Å². The quantitative estimate of drug-likeness (QED) is 0.854. The zero-order valence-electron chi connectivity index (χ0n) is 8.95. The summed E-state index contributed by atoms with van der Waals surface area (Å²) >= 11 is 1.84. The molecule has 0 saturated heterocycles. The molecule has 0 aliphatic heterocycles. The molecule has 2 aromatic heterocycles. The number of thiophene rings is 1. The predicted molar refractivity (Wildman–Crippen MR) is 65.4 cm³/mol. The minimum Gasteiger partial charge on any atom is -0.365 e. The molecular weight excluding hydrogens is 204 g/mol. The van der Waals surface area contributed by atoms with Gasteiger partial charge in [0.05, 0.1) is 6.54 Å². The Labute approximate surface area is 94.0 Å². The molecule has 0 amide bonds. The summed E-state index contributed by atoms with van der Waals surface area (Å²) in [5.74, 6) is 0.932. The van der Waals surface area contributed by atoms with Gasteiger partial charge in [0.2, 0.25) is 0 Å². The van der Waals surface area contributed by atoms with Crippen LogP contribution in [0.25, 0.3) is 0 Å². The highest BCUT2D eigenvalue weighted by atomic mass is 32.1. The fourth-order valence-electron chi connectivity index (χ4n) is 1.38. The monoisotopic (exact) mass is 218 g/mol. The average Bonchev–Trinajstić information content (AvgIpc) is 2.57. The van der Waals surface area contributed by atoms with Crippen molar-refractivity contribution in [3.05, 3.63) is 45.8 Å². The van der Waals surface area contributed by atoms with Crippen LogP contribution >= 0.6 is 11.3 Å². The van der Waals surface area contributed by atoms with Crippen LogP contribution in [0.5, 0.6) is 0 Å². The topological polar surface area (TPSA) is 24.9 Å². The highest BCUT2D eigenvalue weighted by molar-refractivity contribution is 7.12. The summed E-state index contributed by atoms with van der Waals surface area (Å²) in [6.07, 6.45) is 1.80. The molecule has 0 unspecified atom stereocenters. The maximum Gasteiger partial charge on any atom is 0.126 e. The minimum atomic E-state index is 0.858. The number of pyridine rings is 1. The minimum absolute atomic E-state index is 0.858. The molecule has 0 saturated carbocycles. The van der Waals surface area contributed by atoms with Crippen molar-refractivity contribution in [3.63, 3.8) is 0 Å². The normalized spacial score (nSPS) is 10.3. The standard InChI is InChI=1S/C12H14N2S/c1-9-7-11(15-10(9)2)8-14-12-5-3-4-6-13-12/h3-7H,8H2,1-2H3,(H,13,14). The molecule has 2 rings (SSSR count). The summed E-state index contributed by atoms with van der Waals surface area (Å²) in [7, 11) is 0. The first-order valence-corrected chi connectivity index (χ1v) is 5.78. The molecule has 0 fully saturated rings. The van der Waals surface area contributed by atoms with Gasteiger partial charge in [-0.1, -0.05) is 6.07 Å². The summed E-state index contributed by atoms with van der Waals surface area (Å²) in [5, 5.41) is 3.30. The summed E-state index contributed by atoms with van der Waals surface area (Å²) in [6.45, 7) is 5.16. The Morgan fingerprint density at radius 1 is 1.33 bits per heavy atom. The lowest BCUT2D eigenvalue weighted by molar-refractivity contribution is 1.14. The van der Waals surface area contributed by atoms with Gasteiger partial charge in [-0.3, -0.25) is 0 Å². The van der Waals surface area contributed by atoms with E-state index in [1.807, 2.05) is 29.5 Å². The average molecular weight is 218 g/mol. The number of nitrogens with one attached hydrogen (secondary N) is 1. The van der Waals surface area contributed by atoms with Gasteiger partial charge in [0.15, 0.2) is 0 Å². The number of rotatable bonds is 3. The molecule has 15 heavy (non-hydrogen) atoms. The predicted octanol–water partition coefficient (Wildman–Crippen LogP) is 3.37. The van der Waals surface area contributed by atoms with E-state index in [0.717, 1.165) is 12.4 Å². The molecule has 0 aliphatic carbocycles. The van der Waals surface area contributed by atoms with Gasteiger partial charge in [0, 0.05) is 16.0 Å². The van der Waals surface area contributed by atoms with Gasteiger partial charge in [-0.05, 0) is 37.6 Å². The first kappa shape index (κ1) is 10.2. The number of aryl methyl sites for hydroxylation is 2. The van der Waals surface area contributed by atoms with Crippen molar-refractivity contribution in [1.29, 1.82) is 0 Å². The van der Waals surface area contributed by atoms with Gasteiger partial charge in [-0.2, -0.15) is 0 Å². The molecule has 0 bridgehead atoms. The molecule has 3 heteroatoms. The van der Waals surface area contributed by atoms with E-state index in [1.165, 1.54) is 15.3 Å². The maximum atomic E-state index is 4.22. The van der Waals surface area contributed by atoms with E-state index in [4.69, 9.17) is 0 Å². The van der Waals surface area contributed by atoms with Crippen LogP contribution in [-0.2, 0) is 6.54 Å². The van der Waals surface area contributed by atoms with Crippen LogP contribution in [0.1, 0.15) is 15.3 Å². The molecule has 0 radical (unpaired) electrons. The van der Waals surface area contributed by atoms with E-state index in [1.54, 1.807) is 6.20 Å². The Kier molecular flexibility index (Phi) is 3.02. The zero-order valence-corrected chi connectivity index (χ0v) is 9.77. The van der Waals surface area contributed by atoms with Gasteiger partial charge in [-0.25, -0.2) is 4.98 Å². The van der Waals surface area contributed by atoms with E-state index in [2.05, 4.69) is 30.2 Å². The Hall–Kier alpha value is -1.35. The van der Waals surface area contributed by atoms with Crippen molar-refractivity contribution in [3.8, 4) is 0 Å². The molecule has 2 heterocycles. The number of hydrogen-bond donors (Lipinski definition) is 1. The van der Waals surface area contributed by atoms with Gasteiger partial charge < -0.3 is 5.32 Å². The summed E-state index contributed by atoms with van der Waals surface area (Å²) < 4.78 is 0. The van der Waals surface area contributed by atoms with E-state index in [0.29, 0.717) is 0 Å². The Balaban J connectivity index is 1.99. The van der Waals surface area contributed by atoms with E-state index in [9.17, 15) is 0 Å². The second kappa shape index (κ2) is 4.45. The molecular formula is C12H14N2S. The van der Waals surface area contributed by atoms with Crippen LogP contribution in [-0.4, -0.2) is 4.98 Å². The van der Waals surface area contributed by atoms with Crippen LogP contribution in [0.3, 0.4) is 0 Å². The summed E-state index contributed by atoms with van der Waals surface area (Å²) in [6, 6.07) is 8.12. The number of anilines is 1. The molecule has 1 N–H and O–H groups in total. The van der Waals surface area contributed by atoms with Crippen molar-refractivity contribution < 1.29 is 0 Å². The maximum absolute atomic E-state index is 4.22. The molecule has 78 valence electrons. The molecule has 2 aromatic rings. The Morgan fingerprint density at radius 3 is 2.80 bits per heavy atom. The molecule has 0 spiro atoms. The lowest BCUT2D eigenvalue weighted by Crippen LogP contribution is -1.98. The fraction of sp³-hybridized carbons (Fsp3) is 0.250. The third-order valence-electron chi connectivity index (χ3n) is 2.33. The summed E-state index contributed by atoms with van der Waals surface area (Å²) in [5.41, 5.74) is 1.37. The van der Waals surface area contributed by atoms with E-state index in [-0.39, 0.29) is 0 Å². The number of nitrogens with zero attached hydrogens (tertiary/aromatic N) is 1. The van der Waals surface area contributed by atoms with Gasteiger partial charge in [-0.15, -0.1) is 11.3 Å². The highest BCUT2D eigenvalue weighted by Crippen LogP contribution is 2.21. The van der Waals surface area contributed by atoms with Crippen LogP contribution in [0, 0.1) is 13.8 Å². The van der Waals surface area contributed by atoms with Crippen LogP contribution < -0.4 is 5.32 Å². The van der Waals surface area contributed by atoms with Crippen molar-refractivity contribution in [2.75, 3.05) is 5.32 Å². The third-order valence-corrected chi connectivity index (χ3v) is 3.48. The second-order valence-corrected chi connectivity index (χ2v) is 4.86. The first-order valence-electron chi connectivity index (χ1n) is 4.96. The molecule has 0 atom stereocenters. The second-order valence-electron chi connectivity index (χ2n) is 3.52. The van der Waals surface area contributed by atoms with Gasteiger partial charge >= 0.3 is 0 Å². The van der Waals surface area contributed by atoms with Crippen LogP contribution in [0.15, 0.2) is 30.5 Å². The van der Waals surface area contributed by atoms with Crippen LogP contribution in [0.4, 0.5) is 5.82 Å². The number of hydrogen-bond acceptors (Lipinski definition) is 3. The Bertz CT molecular complexity index is 415. The summed E-state index contributed by atoms with van der Waals surface area (Å²) in [4.78, 5) is 6.97. The van der Waals surface area contributed by atoms with Crippen molar-refractivity contribution in [2.24, 2.45) is 0 Å². The zero-order chi connectivity index (χ0) is 10.7. The Morgan fingerprint density at radius 2 is 2.20 bits per heavy atom. The molecule has 2 nitrogen and oxygen atoms in total. The smallest absolute Gasteiger partial charge is 0.126 e. The first-order chi connectivity index (χ1) is 7.25. The van der Waals surface area contributed by atoms with Crippen molar-refractivity contribution >= 4 is 17.2 Å². The van der Waals surface area contributed by atoms with Gasteiger partial charge in [0.25, 0.3) is 0 Å². The molecule has 0 aromatic carbocycles. The van der Waals surface area contributed by atoms with Crippen molar-refractivity contribution in [1.82, 2.24) is 4.98 Å². The van der Waals surface area contributed by atoms with E-state index < -0.39 is 0 Å². The highest BCUT2D eigenvalue weighted by Gasteiger charge is 2.01. The van der Waals surface area contributed by atoms with Crippen molar-refractivity contribution in [2.45, 2.75) is 20.4 Å². The van der Waals surface area contributed by atoms with E-state index >= 15 is 0 Å².